The summed E-state index contributed by atoms with van der Waals surface area (Å²) in [6.45, 7) is 13.3. The molecule has 42 heavy (non-hydrogen) atoms. The van der Waals surface area contributed by atoms with E-state index >= 15 is 0 Å². The van der Waals surface area contributed by atoms with Crippen molar-refractivity contribution in [2.24, 2.45) is 0 Å². The average molecular weight is 711 g/mol. The molecule has 4 aliphatic rings. The van der Waals surface area contributed by atoms with Crippen LogP contribution < -0.4 is 35.4 Å². The minimum atomic E-state index is -0.191. The summed E-state index contributed by atoms with van der Waals surface area (Å²) in [6.07, 6.45) is 21.5. The summed E-state index contributed by atoms with van der Waals surface area (Å²) in [4.78, 5) is 0. The van der Waals surface area contributed by atoms with Gasteiger partial charge in [0.2, 0.25) is 0 Å². The van der Waals surface area contributed by atoms with Crippen LogP contribution in [-0.4, -0.2) is 14.5 Å². The topological polar surface area (TPSA) is 0 Å². The van der Waals surface area contributed by atoms with Crippen molar-refractivity contribution in [1.29, 1.82) is 0 Å². The molecule has 2 aromatic carbocycles. The summed E-state index contributed by atoms with van der Waals surface area (Å²) in [5.41, 5.74) is 6.91. The molecule has 0 nitrogen and oxygen atoms in total. The maximum atomic E-state index is 3.57. The number of benzene rings is 2. The van der Waals surface area contributed by atoms with Gasteiger partial charge in [0.1, 0.15) is 0 Å². The standard InChI is InChI=1S/2C17H18P.C3H6.2ClH.Zr/c2*1-3-13-10-14-12-15(4-2)18(17(14)11-13)16-8-6-5-7-9-16;1-3-2;;;/h2*5-9,11-12,15H,3-4H2,1-2H3;1-2H3;2*1H;/q2*-1;;;;+2/p-2. The van der Waals surface area contributed by atoms with Crippen LogP contribution in [0.25, 0.3) is 0 Å². The quantitative estimate of drug-likeness (QED) is 0.316. The van der Waals surface area contributed by atoms with Crippen LogP contribution in [0.15, 0.2) is 118 Å². The Morgan fingerprint density at radius 2 is 0.976 bits per heavy atom. The molecule has 0 saturated carbocycles. The van der Waals surface area contributed by atoms with E-state index in [9.17, 15) is 0 Å². The van der Waals surface area contributed by atoms with Crippen LogP contribution in [0.4, 0.5) is 0 Å². The minimum Gasteiger partial charge on any atom is -1.00 e. The first-order chi connectivity index (χ1) is 19.4. The number of fused-ring (bicyclic) bond motifs is 2. The zero-order chi connectivity index (χ0) is 28.6. The Kier molecular flexibility index (Phi) is 16.1. The van der Waals surface area contributed by atoms with Crippen molar-refractivity contribution in [2.75, 3.05) is 0 Å². The van der Waals surface area contributed by atoms with Crippen molar-refractivity contribution in [1.82, 2.24) is 0 Å². The maximum Gasteiger partial charge on any atom is -1.00 e. The summed E-state index contributed by atoms with van der Waals surface area (Å²) in [7, 11) is -0.383. The average Bonchev–Trinajstić information content (AvgIpc) is 3.72. The van der Waals surface area contributed by atoms with Gasteiger partial charge in [-0.05, 0) is 34.8 Å². The van der Waals surface area contributed by atoms with Gasteiger partial charge in [0.05, 0.1) is 0 Å². The molecule has 0 saturated heterocycles. The molecule has 2 aliphatic carbocycles. The summed E-state index contributed by atoms with van der Waals surface area (Å²) in [5, 5.41) is 6.13. The largest absolute Gasteiger partial charge is 1.00 e. The fourth-order valence-corrected chi connectivity index (χ4v) is 11.1. The molecule has 0 aromatic heterocycles. The smallest absolute Gasteiger partial charge is 1.00 e. The van der Waals surface area contributed by atoms with Gasteiger partial charge in [-0.2, -0.15) is 23.3 Å². The van der Waals surface area contributed by atoms with Crippen LogP contribution in [0, 0.1) is 12.2 Å². The number of rotatable bonds is 6. The minimum absolute atomic E-state index is 0. The molecule has 2 aliphatic heterocycles. The molecule has 4 unspecified atom stereocenters. The molecule has 6 rings (SSSR count). The SMILES string of the molecule is CCC1=[C-]C2=CC(CC)P(c3ccccc3)C2=C1.CCC1=[C-]C2=CC(CC)P(c3ccccc3)C2=C1.C[C](C)=[Zr+2].[Cl-].[Cl-]. The van der Waals surface area contributed by atoms with Gasteiger partial charge in [0, 0.05) is 0 Å². The second-order valence-corrected chi connectivity index (χ2v) is 17.9. The van der Waals surface area contributed by atoms with Crippen LogP contribution in [0.3, 0.4) is 0 Å². The Morgan fingerprint density at radius 3 is 1.26 bits per heavy atom. The van der Waals surface area contributed by atoms with E-state index in [2.05, 4.69) is 139 Å². The van der Waals surface area contributed by atoms with Gasteiger partial charge in [0.25, 0.3) is 0 Å². The number of hydrogen-bond donors (Lipinski definition) is 0. The van der Waals surface area contributed by atoms with E-state index in [4.69, 9.17) is 0 Å². The van der Waals surface area contributed by atoms with Gasteiger partial charge in [-0.3, -0.25) is 0 Å². The van der Waals surface area contributed by atoms with E-state index < -0.39 is 0 Å². The molecular weight excluding hydrogens is 668 g/mol. The van der Waals surface area contributed by atoms with E-state index in [1.54, 1.807) is 34.9 Å². The van der Waals surface area contributed by atoms with E-state index in [0.717, 1.165) is 12.8 Å². The van der Waals surface area contributed by atoms with Gasteiger partial charge in [0.15, 0.2) is 0 Å². The second kappa shape index (κ2) is 18.1. The Morgan fingerprint density at radius 1 is 0.643 bits per heavy atom. The third kappa shape index (κ3) is 9.06. The predicted molar refractivity (Wildman–Crippen MR) is 177 cm³/mol. The summed E-state index contributed by atoms with van der Waals surface area (Å²) >= 11 is 1.55. The monoisotopic (exact) mass is 708 g/mol. The van der Waals surface area contributed by atoms with Gasteiger partial charge in [-0.25, -0.2) is 0 Å². The summed E-state index contributed by atoms with van der Waals surface area (Å²) < 4.78 is 1.51. The first-order valence-corrected chi connectivity index (χ1v) is 18.8. The number of halogens is 2. The Hall–Kier alpha value is -0.927. The maximum absolute atomic E-state index is 3.57. The van der Waals surface area contributed by atoms with Crippen LogP contribution >= 0.6 is 15.8 Å². The van der Waals surface area contributed by atoms with Gasteiger partial charge in [-0.15, -0.1) is 46.1 Å². The van der Waals surface area contributed by atoms with Crippen molar-refractivity contribution in [2.45, 2.75) is 78.5 Å². The fourth-order valence-electron chi connectivity index (χ4n) is 5.40. The number of hydrogen-bond acceptors (Lipinski definition) is 0. The molecular formula is C37H42Cl2P2Zr-2. The Balaban J connectivity index is 0.000000250. The molecule has 0 N–H and O–H groups in total. The molecule has 0 amide bonds. The van der Waals surface area contributed by atoms with Crippen LogP contribution in [-0.2, 0) is 24.2 Å². The molecule has 0 radical (unpaired) electrons. The zero-order valence-electron chi connectivity index (χ0n) is 25.7. The van der Waals surface area contributed by atoms with Gasteiger partial charge < -0.3 is 24.8 Å². The van der Waals surface area contributed by atoms with E-state index in [1.807, 2.05) is 0 Å². The van der Waals surface area contributed by atoms with Crippen molar-refractivity contribution < 1.29 is 49.0 Å². The Labute approximate surface area is 285 Å². The molecule has 0 spiro atoms. The molecule has 0 fully saturated rings. The first kappa shape index (κ1) is 37.3. The Bertz CT molecular complexity index is 1280. The molecule has 220 valence electrons. The van der Waals surface area contributed by atoms with Crippen molar-refractivity contribution in [3.8, 4) is 0 Å². The second-order valence-electron chi connectivity index (χ2n) is 10.6. The van der Waals surface area contributed by atoms with Crippen molar-refractivity contribution in [3.63, 3.8) is 0 Å². The fraction of sp³-hybridized carbons (Fsp3) is 0.324. The van der Waals surface area contributed by atoms with Crippen LogP contribution in [0.1, 0.15) is 67.2 Å². The van der Waals surface area contributed by atoms with Crippen molar-refractivity contribution >= 4 is 29.7 Å². The van der Waals surface area contributed by atoms with Crippen LogP contribution in [0.5, 0.6) is 0 Å². The summed E-state index contributed by atoms with van der Waals surface area (Å²) in [5.74, 6) is 0. The van der Waals surface area contributed by atoms with Gasteiger partial charge in [-0.1, -0.05) is 117 Å². The van der Waals surface area contributed by atoms with E-state index in [1.165, 1.54) is 48.9 Å². The van der Waals surface area contributed by atoms with Gasteiger partial charge >= 0.3 is 41.3 Å². The predicted octanol–water partition coefficient (Wildman–Crippen LogP) is 3.85. The first-order valence-electron chi connectivity index (χ1n) is 14.7. The van der Waals surface area contributed by atoms with E-state index in [-0.39, 0.29) is 40.7 Å². The zero-order valence-corrected chi connectivity index (χ0v) is 31.5. The molecule has 2 heterocycles. The van der Waals surface area contributed by atoms with Crippen LogP contribution in [0.2, 0.25) is 0 Å². The van der Waals surface area contributed by atoms with E-state index in [0.29, 0.717) is 11.3 Å². The third-order valence-corrected chi connectivity index (χ3v) is 13.2. The molecule has 5 heteroatoms. The molecule has 4 atom stereocenters. The normalized spacial score (nSPS) is 22.6. The number of allylic oxidation sites excluding steroid dienone is 12. The third-order valence-electron chi connectivity index (χ3n) is 7.33. The summed E-state index contributed by atoms with van der Waals surface area (Å²) in [6, 6.07) is 22.0. The molecule has 2 aromatic rings. The van der Waals surface area contributed by atoms with Crippen molar-refractivity contribution in [3.05, 3.63) is 130 Å². The molecule has 0 bridgehead atoms.